The zero-order chi connectivity index (χ0) is 11.7. The van der Waals surface area contributed by atoms with Crippen molar-refractivity contribution in [3.8, 4) is 0 Å². The van der Waals surface area contributed by atoms with E-state index < -0.39 is 0 Å². The van der Waals surface area contributed by atoms with Gasteiger partial charge < -0.3 is 0 Å². The summed E-state index contributed by atoms with van der Waals surface area (Å²) in [6, 6.07) is 16.5. The Hall–Kier alpha value is -1.89. The highest BCUT2D eigenvalue weighted by molar-refractivity contribution is 6.00. The first-order valence-electron chi connectivity index (χ1n) is 6.02. The minimum Gasteiger partial charge on any atom is -0.294 e. The third-order valence-corrected chi connectivity index (χ3v) is 3.41. The van der Waals surface area contributed by atoms with Gasteiger partial charge >= 0.3 is 0 Å². The fourth-order valence-corrected chi connectivity index (χ4v) is 2.55. The summed E-state index contributed by atoms with van der Waals surface area (Å²) in [6.45, 7) is 0. The maximum Gasteiger partial charge on any atom is 0.163 e. The molecule has 0 N–H and O–H groups in total. The van der Waals surface area contributed by atoms with E-state index in [2.05, 4.69) is 30.3 Å². The number of hydrogen-bond donors (Lipinski definition) is 0. The van der Waals surface area contributed by atoms with Gasteiger partial charge in [0.15, 0.2) is 5.78 Å². The van der Waals surface area contributed by atoms with E-state index in [0.29, 0.717) is 12.2 Å². The van der Waals surface area contributed by atoms with Crippen LogP contribution in [0.2, 0.25) is 0 Å². The third-order valence-electron chi connectivity index (χ3n) is 3.41. The molecule has 0 fully saturated rings. The van der Waals surface area contributed by atoms with E-state index in [0.717, 1.165) is 18.4 Å². The Labute approximate surface area is 101 Å². The van der Waals surface area contributed by atoms with Crippen molar-refractivity contribution in [3.63, 3.8) is 0 Å². The summed E-state index contributed by atoms with van der Waals surface area (Å²) in [5.74, 6) is 0.301. The largest absolute Gasteiger partial charge is 0.294 e. The molecule has 84 valence electrons. The van der Waals surface area contributed by atoms with E-state index in [1.807, 2.05) is 18.2 Å². The maximum atomic E-state index is 11.7. The predicted octanol–water partition coefficient (Wildman–Crippen LogP) is 3.41. The van der Waals surface area contributed by atoms with Crippen LogP contribution < -0.4 is 0 Å². The van der Waals surface area contributed by atoms with Gasteiger partial charge in [-0.1, -0.05) is 48.5 Å². The van der Waals surface area contributed by atoms with E-state index in [1.165, 1.54) is 16.7 Å². The molecule has 0 bridgehead atoms. The molecule has 0 amide bonds. The fourth-order valence-electron chi connectivity index (χ4n) is 2.55. The highest BCUT2D eigenvalue weighted by Crippen LogP contribution is 2.26. The first-order chi connectivity index (χ1) is 8.34. The molecular weight excluding hydrogens is 208 g/mol. The molecule has 0 unspecified atom stereocenters. The number of hydrogen-bond acceptors (Lipinski definition) is 1. The van der Waals surface area contributed by atoms with E-state index >= 15 is 0 Å². The van der Waals surface area contributed by atoms with Gasteiger partial charge in [0.25, 0.3) is 0 Å². The Bertz CT molecular complexity index is 555. The van der Waals surface area contributed by atoms with Gasteiger partial charge in [-0.25, -0.2) is 0 Å². The number of carbonyl (C=O) groups is 1. The van der Waals surface area contributed by atoms with Crippen LogP contribution in [0.15, 0.2) is 48.5 Å². The molecule has 1 aliphatic rings. The van der Waals surface area contributed by atoms with E-state index in [4.69, 9.17) is 0 Å². The molecule has 2 aromatic rings. The number of benzene rings is 2. The van der Waals surface area contributed by atoms with Gasteiger partial charge in [-0.15, -0.1) is 0 Å². The topological polar surface area (TPSA) is 17.1 Å². The van der Waals surface area contributed by atoms with Gasteiger partial charge in [0.1, 0.15) is 0 Å². The maximum absolute atomic E-state index is 11.7. The minimum absolute atomic E-state index is 0.301. The van der Waals surface area contributed by atoms with Crippen LogP contribution in [0.1, 0.15) is 33.5 Å². The Morgan fingerprint density at radius 3 is 2.53 bits per heavy atom. The lowest BCUT2D eigenvalue weighted by Gasteiger charge is -2.07. The lowest BCUT2D eigenvalue weighted by Crippen LogP contribution is -1.96. The smallest absolute Gasteiger partial charge is 0.163 e. The van der Waals surface area contributed by atoms with Crippen LogP contribution in [-0.4, -0.2) is 5.78 Å². The second-order valence-corrected chi connectivity index (χ2v) is 4.53. The van der Waals surface area contributed by atoms with Crippen LogP contribution in [-0.2, 0) is 12.8 Å². The van der Waals surface area contributed by atoms with Crippen LogP contribution in [0.25, 0.3) is 0 Å². The molecule has 0 spiro atoms. The Balaban J connectivity index is 1.98. The monoisotopic (exact) mass is 222 g/mol. The first kappa shape index (κ1) is 10.3. The lowest BCUT2D eigenvalue weighted by molar-refractivity contribution is 0.0994. The summed E-state index contributed by atoms with van der Waals surface area (Å²) in [6.07, 6.45) is 2.52. The molecule has 0 saturated carbocycles. The van der Waals surface area contributed by atoms with Crippen molar-refractivity contribution in [1.29, 1.82) is 0 Å². The molecule has 1 nitrogen and oxygen atoms in total. The lowest BCUT2D eigenvalue weighted by atomic mass is 9.97. The number of ketones is 1. The summed E-state index contributed by atoms with van der Waals surface area (Å²) < 4.78 is 0. The quantitative estimate of drug-likeness (QED) is 0.761. The van der Waals surface area contributed by atoms with Crippen molar-refractivity contribution in [3.05, 3.63) is 70.8 Å². The van der Waals surface area contributed by atoms with Crippen LogP contribution in [0.3, 0.4) is 0 Å². The van der Waals surface area contributed by atoms with Gasteiger partial charge in [-0.3, -0.25) is 4.79 Å². The molecule has 0 aliphatic heterocycles. The van der Waals surface area contributed by atoms with Gasteiger partial charge in [-0.2, -0.15) is 0 Å². The highest BCUT2D eigenvalue weighted by atomic mass is 16.1. The number of rotatable bonds is 2. The molecular formula is C16H14O. The summed E-state index contributed by atoms with van der Waals surface area (Å²) in [5, 5.41) is 0. The van der Waals surface area contributed by atoms with Crippen molar-refractivity contribution < 1.29 is 4.79 Å². The third kappa shape index (κ3) is 1.89. The van der Waals surface area contributed by atoms with Gasteiger partial charge in [0.2, 0.25) is 0 Å². The molecule has 0 radical (unpaired) electrons. The zero-order valence-corrected chi connectivity index (χ0v) is 9.65. The zero-order valence-electron chi connectivity index (χ0n) is 9.65. The molecule has 1 heteroatoms. The second kappa shape index (κ2) is 4.17. The van der Waals surface area contributed by atoms with Crippen molar-refractivity contribution in [2.45, 2.75) is 19.3 Å². The average molecular weight is 222 g/mol. The summed E-state index contributed by atoms with van der Waals surface area (Å²) >= 11 is 0. The van der Waals surface area contributed by atoms with Crippen LogP contribution in [0.4, 0.5) is 0 Å². The molecule has 1 aliphatic carbocycles. The summed E-state index contributed by atoms with van der Waals surface area (Å²) in [5.41, 5.74) is 4.82. The van der Waals surface area contributed by atoms with Crippen molar-refractivity contribution in [2.75, 3.05) is 0 Å². The molecule has 2 aromatic carbocycles. The van der Waals surface area contributed by atoms with Crippen LogP contribution >= 0.6 is 0 Å². The Kier molecular flexibility index (Phi) is 2.52. The number of carbonyl (C=O) groups excluding carboxylic acids is 1. The summed E-state index contributed by atoms with van der Waals surface area (Å²) in [7, 11) is 0. The SMILES string of the molecule is O=C1CCc2c(Cc3ccccc3)cccc21. The predicted molar refractivity (Wildman–Crippen MR) is 68.3 cm³/mol. The van der Waals surface area contributed by atoms with Crippen molar-refractivity contribution in [1.82, 2.24) is 0 Å². The standard InChI is InChI=1S/C16H14O/c17-16-10-9-14-13(7-4-8-15(14)16)11-12-5-2-1-3-6-12/h1-8H,9-11H2. The van der Waals surface area contributed by atoms with Crippen LogP contribution in [0.5, 0.6) is 0 Å². The van der Waals surface area contributed by atoms with Crippen molar-refractivity contribution >= 4 is 5.78 Å². The summed E-state index contributed by atoms with van der Waals surface area (Å²) in [4.78, 5) is 11.7. The average Bonchev–Trinajstić information content (AvgIpc) is 2.74. The van der Waals surface area contributed by atoms with Gasteiger partial charge in [-0.05, 0) is 29.5 Å². The Morgan fingerprint density at radius 1 is 0.882 bits per heavy atom. The number of fused-ring (bicyclic) bond motifs is 1. The molecule has 0 saturated heterocycles. The van der Waals surface area contributed by atoms with Gasteiger partial charge in [0, 0.05) is 12.0 Å². The highest BCUT2D eigenvalue weighted by Gasteiger charge is 2.21. The van der Waals surface area contributed by atoms with Crippen molar-refractivity contribution in [2.24, 2.45) is 0 Å². The molecule has 17 heavy (non-hydrogen) atoms. The Morgan fingerprint density at radius 2 is 1.71 bits per heavy atom. The number of Topliss-reactive ketones (excluding diaryl/α,β-unsaturated/α-hetero) is 1. The molecule has 0 aromatic heterocycles. The van der Waals surface area contributed by atoms with Gasteiger partial charge in [0.05, 0.1) is 0 Å². The fraction of sp³-hybridized carbons (Fsp3) is 0.188. The van der Waals surface area contributed by atoms with E-state index in [9.17, 15) is 4.79 Å². The molecule has 3 rings (SSSR count). The molecule has 0 heterocycles. The first-order valence-corrected chi connectivity index (χ1v) is 6.02. The van der Waals surface area contributed by atoms with E-state index in [1.54, 1.807) is 0 Å². The second-order valence-electron chi connectivity index (χ2n) is 4.53. The van der Waals surface area contributed by atoms with Crippen LogP contribution in [0, 0.1) is 0 Å². The van der Waals surface area contributed by atoms with E-state index in [-0.39, 0.29) is 0 Å². The molecule has 0 atom stereocenters. The minimum atomic E-state index is 0.301. The normalized spacial score (nSPS) is 13.8.